The number of guanidine groups is 1. The Hall–Kier alpha value is -5.53. The Labute approximate surface area is 295 Å². The molecule has 18 nitrogen and oxygen atoms in total. The number of phenols is 1. The number of nitrogens with zero attached hydrogens (tertiary/aromatic N) is 1. The Balaban J connectivity index is 1.15. The molecule has 1 fully saturated rings. The highest BCUT2D eigenvalue weighted by Crippen LogP contribution is 2.55. The first kappa shape index (κ1) is 34.9. The van der Waals surface area contributed by atoms with Crippen LogP contribution in [0.15, 0.2) is 53.5 Å². The van der Waals surface area contributed by atoms with Gasteiger partial charge in [-0.25, -0.2) is 5.48 Å². The second-order valence-corrected chi connectivity index (χ2v) is 12.3. The molecule has 4 aliphatic rings. The van der Waals surface area contributed by atoms with E-state index in [2.05, 4.69) is 10.5 Å². The normalized spacial score (nSPS) is 25.5. The maximum absolute atomic E-state index is 11.8. The van der Waals surface area contributed by atoms with Crippen molar-refractivity contribution in [3.05, 3.63) is 70.8 Å². The maximum Gasteiger partial charge on any atom is 0.317 e. The number of esters is 1. The number of benzene rings is 3. The van der Waals surface area contributed by atoms with Gasteiger partial charge in [-0.05, 0) is 35.9 Å². The lowest BCUT2D eigenvalue weighted by atomic mass is 9.87. The maximum atomic E-state index is 11.8. The van der Waals surface area contributed by atoms with Crippen LogP contribution in [0.4, 0.5) is 0 Å². The zero-order chi connectivity index (χ0) is 36.5. The van der Waals surface area contributed by atoms with Crippen LogP contribution in [-0.2, 0) is 35.2 Å². The molecule has 4 aliphatic heterocycles. The number of aliphatic hydroxyl groups is 2. The summed E-state index contributed by atoms with van der Waals surface area (Å²) in [5, 5.41) is 40.8. The number of fused-ring (bicyclic) bond motifs is 6. The number of carbonyl (C=O) groups excluding carboxylic acids is 1. The van der Waals surface area contributed by atoms with Gasteiger partial charge in [-0.15, -0.1) is 0 Å². The van der Waals surface area contributed by atoms with E-state index in [0.29, 0.717) is 47.2 Å². The predicted octanol–water partition coefficient (Wildman–Crippen LogP) is 0.931. The third-order valence-electron chi connectivity index (χ3n) is 8.87. The van der Waals surface area contributed by atoms with Crippen molar-refractivity contribution in [1.29, 1.82) is 0 Å². The topological polar surface area (TPSA) is 249 Å². The molecule has 18 heteroatoms. The quantitative estimate of drug-likeness (QED) is 0.0402. The van der Waals surface area contributed by atoms with E-state index in [9.17, 15) is 24.9 Å². The Morgan fingerprint density at radius 2 is 1.77 bits per heavy atom. The second kappa shape index (κ2) is 14.6. The van der Waals surface area contributed by atoms with Gasteiger partial charge >= 0.3 is 11.9 Å². The molecular formula is C34H35N3O15. The molecule has 0 amide bonds. The molecule has 3 aromatic carbocycles. The number of aromatic hydroxyl groups is 1. The van der Waals surface area contributed by atoms with Crippen LogP contribution in [0.3, 0.4) is 0 Å². The van der Waals surface area contributed by atoms with Crippen LogP contribution in [-0.4, -0.2) is 96.1 Å². The van der Waals surface area contributed by atoms with Crippen LogP contribution in [0.5, 0.6) is 34.5 Å². The summed E-state index contributed by atoms with van der Waals surface area (Å²) in [7, 11) is 1.38. The fraction of sp³-hybridized carbons (Fsp3) is 0.382. The summed E-state index contributed by atoms with van der Waals surface area (Å²) < 4.78 is 34.3. The SMILES string of the molecule is CN=C(N)NOC1C(O)C(COC(=O)CC(=O)O)OC(O)C1OOc1cc(Cc2ccc(O)cc2)c2c(c1)C1Oc3cc4c(cc3C1CO2)OCO4. The fourth-order valence-corrected chi connectivity index (χ4v) is 6.34. The number of phenolic OH excluding ortho intramolecular Hbond substituents is 1. The molecule has 0 saturated carbocycles. The standard InChI is InChI=1S/C34H35N3O15/c1-36-34(35)37-50-31-28(42)25(13-44-27(41)11-26(39)40)49-33(43)32(31)52-51-18-7-16(6-15-2-4-17(38)5-3-15)29-20(8-18)30-21(12-45-29)19-9-23-24(47-14-46-23)10-22(19)48-30/h2-5,7-10,21,25,28,30-33,38,42-43H,6,11-14H2,1H3,(H,39,40)(H3,35,36,37). The molecule has 7 atom stereocenters. The number of aliphatic imine (C=N–C) groups is 1. The van der Waals surface area contributed by atoms with Gasteiger partial charge in [0.1, 0.15) is 54.7 Å². The van der Waals surface area contributed by atoms with Crippen molar-refractivity contribution in [2.24, 2.45) is 10.7 Å². The van der Waals surface area contributed by atoms with E-state index in [1.807, 2.05) is 6.07 Å². The fourth-order valence-electron chi connectivity index (χ4n) is 6.34. The van der Waals surface area contributed by atoms with Crippen molar-refractivity contribution in [2.45, 2.75) is 55.6 Å². The third-order valence-corrected chi connectivity index (χ3v) is 8.87. The van der Waals surface area contributed by atoms with Crippen LogP contribution in [0.1, 0.15) is 40.7 Å². The number of rotatable bonds is 11. The summed E-state index contributed by atoms with van der Waals surface area (Å²) in [6.07, 6.45) is -8.86. The number of nitrogens with one attached hydrogen (secondary N) is 1. The van der Waals surface area contributed by atoms with E-state index < -0.39 is 61.8 Å². The number of hydroxylamine groups is 1. The highest BCUT2D eigenvalue weighted by atomic mass is 17.2. The van der Waals surface area contributed by atoms with Gasteiger partial charge in [0.05, 0.1) is 12.5 Å². The number of aliphatic hydroxyl groups excluding tert-OH is 2. The minimum absolute atomic E-state index is 0.113. The third kappa shape index (κ3) is 7.14. The van der Waals surface area contributed by atoms with E-state index in [-0.39, 0.29) is 30.2 Å². The molecule has 7 rings (SSSR count). The summed E-state index contributed by atoms with van der Waals surface area (Å²) in [4.78, 5) is 43.4. The molecule has 52 heavy (non-hydrogen) atoms. The summed E-state index contributed by atoms with van der Waals surface area (Å²) in [6, 6.07) is 13.7. The Morgan fingerprint density at radius 3 is 2.52 bits per heavy atom. The minimum Gasteiger partial charge on any atom is -0.508 e. The first-order valence-electron chi connectivity index (χ1n) is 16.1. The van der Waals surface area contributed by atoms with Gasteiger partial charge in [-0.2, -0.15) is 4.89 Å². The van der Waals surface area contributed by atoms with Crippen molar-refractivity contribution in [2.75, 3.05) is 27.1 Å². The van der Waals surface area contributed by atoms with Crippen molar-refractivity contribution in [3.8, 4) is 34.5 Å². The van der Waals surface area contributed by atoms with Crippen LogP contribution < -0.4 is 35.0 Å². The molecule has 0 bridgehead atoms. The molecule has 276 valence electrons. The highest BCUT2D eigenvalue weighted by Gasteiger charge is 2.49. The number of carboxylic acids is 1. The molecule has 0 aliphatic carbocycles. The van der Waals surface area contributed by atoms with E-state index in [1.165, 1.54) is 7.05 Å². The Kier molecular flexibility index (Phi) is 9.80. The van der Waals surface area contributed by atoms with Crippen molar-refractivity contribution < 1.29 is 73.0 Å². The number of ether oxygens (including phenoxy) is 6. The van der Waals surface area contributed by atoms with Crippen LogP contribution in [0.25, 0.3) is 0 Å². The molecule has 0 radical (unpaired) electrons. The number of hydrogen-bond acceptors (Lipinski definition) is 15. The number of nitrogens with two attached hydrogens (primary N) is 1. The first-order chi connectivity index (χ1) is 25.1. The van der Waals surface area contributed by atoms with Gasteiger partial charge in [0.25, 0.3) is 0 Å². The van der Waals surface area contributed by atoms with Crippen LogP contribution >= 0.6 is 0 Å². The molecule has 3 aromatic rings. The summed E-state index contributed by atoms with van der Waals surface area (Å²) in [6.45, 7) is -0.185. The first-order valence-corrected chi connectivity index (χ1v) is 16.1. The minimum atomic E-state index is -1.82. The zero-order valence-corrected chi connectivity index (χ0v) is 27.5. The van der Waals surface area contributed by atoms with Crippen LogP contribution in [0, 0.1) is 0 Å². The monoisotopic (exact) mass is 725 g/mol. The van der Waals surface area contributed by atoms with Crippen molar-refractivity contribution in [1.82, 2.24) is 5.48 Å². The molecule has 0 spiro atoms. The summed E-state index contributed by atoms with van der Waals surface area (Å²) in [5.74, 6) is -0.207. The molecule has 7 N–H and O–H groups in total. The lowest BCUT2D eigenvalue weighted by molar-refractivity contribution is -0.372. The van der Waals surface area contributed by atoms with Crippen LogP contribution in [0.2, 0.25) is 0 Å². The van der Waals surface area contributed by atoms with Crippen molar-refractivity contribution in [3.63, 3.8) is 0 Å². The van der Waals surface area contributed by atoms with Gasteiger partial charge in [0.15, 0.2) is 29.6 Å². The molecule has 7 unspecified atom stereocenters. The summed E-state index contributed by atoms with van der Waals surface area (Å²) >= 11 is 0. The molecule has 1 saturated heterocycles. The van der Waals surface area contributed by atoms with Crippen molar-refractivity contribution >= 4 is 17.9 Å². The zero-order valence-electron chi connectivity index (χ0n) is 27.5. The molecular weight excluding hydrogens is 690 g/mol. The summed E-state index contributed by atoms with van der Waals surface area (Å²) in [5.41, 5.74) is 11.1. The van der Waals surface area contributed by atoms with Gasteiger partial charge in [-0.1, -0.05) is 12.1 Å². The van der Waals surface area contributed by atoms with Gasteiger partial charge in [0.2, 0.25) is 12.8 Å². The average Bonchev–Trinajstić information content (AvgIpc) is 3.74. The lowest BCUT2D eigenvalue weighted by Crippen LogP contribution is -2.62. The van der Waals surface area contributed by atoms with E-state index in [1.54, 1.807) is 42.5 Å². The van der Waals surface area contributed by atoms with E-state index in [0.717, 1.165) is 11.1 Å². The Morgan fingerprint density at radius 1 is 1.00 bits per heavy atom. The van der Waals surface area contributed by atoms with E-state index >= 15 is 0 Å². The smallest absolute Gasteiger partial charge is 0.317 e. The number of carbonyl (C=O) groups is 2. The molecule has 0 aromatic heterocycles. The average molecular weight is 726 g/mol. The van der Waals surface area contributed by atoms with Gasteiger partial charge in [-0.3, -0.25) is 19.4 Å². The number of hydrogen-bond donors (Lipinski definition) is 6. The van der Waals surface area contributed by atoms with Gasteiger partial charge in [0, 0.05) is 36.2 Å². The lowest BCUT2D eigenvalue weighted by Gasteiger charge is -2.40. The van der Waals surface area contributed by atoms with Gasteiger partial charge < -0.3 is 59.5 Å². The molecule has 4 heterocycles. The predicted molar refractivity (Wildman–Crippen MR) is 173 cm³/mol. The van der Waals surface area contributed by atoms with E-state index in [4.69, 9.17) is 53.9 Å². The highest BCUT2D eigenvalue weighted by molar-refractivity contribution is 5.90. The number of carboxylic acid groups (broad SMARTS) is 1. The number of aliphatic carboxylic acids is 1. The second-order valence-electron chi connectivity index (χ2n) is 12.3. The largest absolute Gasteiger partial charge is 0.508 e. The Bertz CT molecular complexity index is 1850.